The lowest BCUT2D eigenvalue weighted by Gasteiger charge is -2.41. The molecule has 0 aromatic heterocycles. The molecule has 2 atom stereocenters. The Morgan fingerprint density at radius 1 is 1.17 bits per heavy atom. The summed E-state index contributed by atoms with van der Waals surface area (Å²) in [7, 11) is 0. The standard InChI is InChI=1S/C23H34FN3O2/c1-3-17(2)16-25-22(28)21(18-7-4-5-8-18)26-11-13-27(14-12-26)23(29)19-9-6-10-20(24)15-19/h6,9-10,15,17-18,21H,3-5,7-8,11-14,16H2,1-2H3,(H,25,28). The van der Waals surface area contributed by atoms with Gasteiger partial charge in [0.2, 0.25) is 5.91 Å². The molecule has 6 heteroatoms. The third-order valence-corrected chi connectivity index (χ3v) is 6.50. The van der Waals surface area contributed by atoms with Gasteiger partial charge in [0.25, 0.3) is 5.91 Å². The third-order valence-electron chi connectivity index (χ3n) is 6.50. The van der Waals surface area contributed by atoms with Crippen molar-refractivity contribution in [2.45, 2.75) is 52.0 Å². The lowest BCUT2D eigenvalue weighted by atomic mass is 9.94. The Bertz CT molecular complexity index is 697. The number of carbonyl (C=O) groups excluding carboxylic acids is 2. The molecule has 1 N–H and O–H groups in total. The summed E-state index contributed by atoms with van der Waals surface area (Å²) in [5, 5.41) is 3.17. The zero-order chi connectivity index (χ0) is 20.8. The van der Waals surface area contributed by atoms with E-state index in [1.807, 2.05) is 0 Å². The predicted octanol–water partition coefficient (Wildman–Crippen LogP) is 3.30. The molecule has 2 amide bonds. The number of halogens is 1. The highest BCUT2D eigenvalue weighted by Crippen LogP contribution is 2.31. The van der Waals surface area contributed by atoms with Crippen molar-refractivity contribution in [3.8, 4) is 0 Å². The van der Waals surface area contributed by atoms with E-state index in [0.29, 0.717) is 43.6 Å². The molecule has 2 aliphatic rings. The van der Waals surface area contributed by atoms with Crippen molar-refractivity contribution >= 4 is 11.8 Å². The molecule has 5 nitrogen and oxygen atoms in total. The molecule has 29 heavy (non-hydrogen) atoms. The van der Waals surface area contributed by atoms with E-state index in [-0.39, 0.29) is 17.9 Å². The van der Waals surface area contributed by atoms with Crippen LogP contribution in [0, 0.1) is 17.7 Å². The van der Waals surface area contributed by atoms with Crippen LogP contribution in [0.1, 0.15) is 56.3 Å². The number of amides is 2. The first-order valence-electron chi connectivity index (χ1n) is 11.1. The topological polar surface area (TPSA) is 52.7 Å². The summed E-state index contributed by atoms with van der Waals surface area (Å²) >= 11 is 0. The number of nitrogens with zero attached hydrogens (tertiary/aromatic N) is 2. The fourth-order valence-electron chi connectivity index (χ4n) is 4.48. The van der Waals surface area contributed by atoms with Gasteiger partial charge in [0.15, 0.2) is 0 Å². The van der Waals surface area contributed by atoms with Crippen LogP contribution in [0.5, 0.6) is 0 Å². The van der Waals surface area contributed by atoms with E-state index < -0.39 is 5.82 Å². The zero-order valence-corrected chi connectivity index (χ0v) is 17.7. The van der Waals surface area contributed by atoms with Crippen LogP contribution >= 0.6 is 0 Å². The van der Waals surface area contributed by atoms with Crippen LogP contribution in [0.3, 0.4) is 0 Å². The first-order chi connectivity index (χ1) is 14.0. The summed E-state index contributed by atoms with van der Waals surface area (Å²) in [6.45, 7) is 7.50. The first-order valence-corrected chi connectivity index (χ1v) is 11.1. The van der Waals surface area contributed by atoms with Crippen LogP contribution in [-0.2, 0) is 4.79 Å². The Morgan fingerprint density at radius 3 is 2.48 bits per heavy atom. The molecule has 0 spiro atoms. The maximum Gasteiger partial charge on any atom is 0.254 e. The molecule has 0 radical (unpaired) electrons. The van der Waals surface area contributed by atoms with Gasteiger partial charge in [0.1, 0.15) is 5.82 Å². The highest BCUT2D eigenvalue weighted by atomic mass is 19.1. The predicted molar refractivity (Wildman–Crippen MR) is 112 cm³/mol. The molecule has 160 valence electrons. The van der Waals surface area contributed by atoms with E-state index in [1.54, 1.807) is 17.0 Å². The van der Waals surface area contributed by atoms with Crippen molar-refractivity contribution in [3.05, 3.63) is 35.6 Å². The SMILES string of the molecule is CCC(C)CNC(=O)C(C1CCCC1)N1CCN(C(=O)c2cccc(F)c2)CC1. The average molecular weight is 404 g/mol. The van der Waals surface area contributed by atoms with Crippen molar-refractivity contribution in [3.63, 3.8) is 0 Å². The minimum atomic E-state index is -0.395. The summed E-state index contributed by atoms with van der Waals surface area (Å²) in [6, 6.07) is 5.75. The fraction of sp³-hybridized carbons (Fsp3) is 0.652. The quantitative estimate of drug-likeness (QED) is 0.760. The minimum absolute atomic E-state index is 0.104. The second kappa shape index (κ2) is 10.2. The zero-order valence-electron chi connectivity index (χ0n) is 17.7. The van der Waals surface area contributed by atoms with E-state index in [4.69, 9.17) is 0 Å². The molecule has 2 fully saturated rings. The van der Waals surface area contributed by atoms with Crippen LogP contribution < -0.4 is 5.32 Å². The van der Waals surface area contributed by atoms with Crippen LogP contribution in [0.15, 0.2) is 24.3 Å². The highest BCUT2D eigenvalue weighted by Gasteiger charge is 2.37. The summed E-state index contributed by atoms with van der Waals surface area (Å²) in [5.74, 6) is 0.486. The van der Waals surface area contributed by atoms with Gasteiger partial charge in [-0.2, -0.15) is 0 Å². The largest absolute Gasteiger partial charge is 0.354 e. The van der Waals surface area contributed by atoms with Crippen molar-refractivity contribution in [2.75, 3.05) is 32.7 Å². The van der Waals surface area contributed by atoms with Gasteiger partial charge in [-0.3, -0.25) is 14.5 Å². The Balaban J connectivity index is 1.61. The number of hydrogen-bond acceptors (Lipinski definition) is 3. The van der Waals surface area contributed by atoms with Crippen molar-refractivity contribution in [2.24, 2.45) is 11.8 Å². The molecule has 1 aliphatic carbocycles. The molecule has 3 rings (SSSR count). The fourth-order valence-corrected chi connectivity index (χ4v) is 4.48. The number of hydrogen-bond donors (Lipinski definition) is 1. The Morgan fingerprint density at radius 2 is 1.86 bits per heavy atom. The van der Waals surface area contributed by atoms with E-state index in [1.165, 1.54) is 25.0 Å². The molecule has 1 aliphatic heterocycles. The van der Waals surface area contributed by atoms with E-state index >= 15 is 0 Å². The Kier molecular flexibility index (Phi) is 7.64. The van der Waals surface area contributed by atoms with E-state index in [2.05, 4.69) is 24.1 Å². The normalized spacial score (nSPS) is 20.4. The van der Waals surface area contributed by atoms with Crippen LogP contribution in [-0.4, -0.2) is 60.4 Å². The number of piperazine rings is 1. The Labute approximate surface area is 173 Å². The lowest BCUT2D eigenvalue weighted by Crippen LogP contribution is -2.58. The minimum Gasteiger partial charge on any atom is -0.354 e. The lowest BCUT2D eigenvalue weighted by molar-refractivity contribution is -0.129. The summed E-state index contributed by atoms with van der Waals surface area (Å²) in [5.41, 5.74) is 0.386. The second-order valence-electron chi connectivity index (χ2n) is 8.59. The third kappa shape index (κ3) is 5.56. The van der Waals surface area contributed by atoms with Gasteiger partial charge < -0.3 is 10.2 Å². The first kappa shape index (κ1) is 21.8. The number of nitrogens with one attached hydrogen (secondary N) is 1. The molecule has 2 unspecified atom stereocenters. The van der Waals surface area contributed by atoms with Gasteiger partial charge in [0.05, 0.1) is 6.04 Å². The molecule has 0 bridgehead atoms. The van der Waals surface area contributed by atoms with Crippen molar-refractivity contribution in [1.82, 2.24) is 15.1 Å². The van der Waals surface area contributed by atoms with Gasteiger partial charge >= 0.3 is 0 Å². The summed E-state index contributed by atoms with van der Waals surface area (Å²) < 4.78 is 13.5. The van der Waals surface area contributed by atoms with Gasteiger partial charge in [-0.15, -0.1) is 0 Å². The summed E-state index contributed by atoms with van der Waals surface area (Å²) in [4.78, 5) is 29.8. The molecular weight excluding hydrogens is 369 g/mol. The second-order valence-corrected chi connectivity index (χ2v) is 8.59. The van der Waals surface area contributed by atoms with E-state index in [9.17, 15) is 14.0 Å². The maximum atomic E-state index is 13.5. The van der Waals surface area contributed by atoms with Gasteiger partial charge in [-0.25, -0.2) is 4.39 Å². The van der Waals surface area contributed by atoms with Crippen molar-refractivity contribution in [1.29, 1.82) is 0 Å². The smallest absolute Gasteiger partial charge is 0.254 e. The molecule has 1 saturated carbocycles. The molecule has 1 saturated heterocycles. The monoisotopic (exact) mass is 403 g/mol. The molecule has 1 heterocycles. The number of benzene rings is 1. The Hall–Kier alpha value is -1.95. The highest BCUT2D eigenvalue weighted by molar-refractivity contribution is 5.94. The molecule has 1 aromatic carbocycles. The van der Waals surface area contributed by atoms with Crippen LogP contribution in [0.4, 0.5) is 4.39 Å². The van der Waals surface area contributed by atoms with Crippen LogP contribution in [0.2, 0.25) is 0 Å². The van der Waals surface area contributed by atoms with Gasteiger partial charge in [-0.05, 0) is 42.9 Å². The van der Waals surface area contributed by atoms with Crippen molar-refractivity contribution < 1.29 is 14.0 Å². The summed E-state index contributed by atoms with van der Waals surface area (Å²) in [6.07, 6.45) is 5.64. The molecular formula is C23H34FN3O2. The number of rotatable bonds is 7. The molecule has 1 aromatic rings. The average Bonchev–Trinajstić information content (AvgIpc) is 3.26. The van der Waals surface area contributed by atoms with Gasteiger partial charge in [0, 0.05) is 38.3 Å². The maximum absolute atomic E-state index is 13.5. The number of carbonyl (C=O) groups is 2. The van der Waals surface area contributed by atoms with Gasteiger partial charge in [-0.1, -0.05) is 39.2 Å². The van der Waals surface area contributed by atoms with Crippen LogP contribution in [0.25, 0.3) is 0 Å². The van der Waals surface area contributed by atoms with E-state index in [0.717, 1.165) is 25.8 Å².